The third-order valence-corrected chi connectivity index (χ3v) is 4.83. The number of likely N-dealkylation sites (tertiary alicyclic amines) is 1. The van der Waals surface area contributed by atoms with Crippen molar-refractivity contribution in [2.75, 3.05) is 47.6 Å². The Hall–Kier alpha value is -2.11. The lowest BCUT2D eigenvalue weighted by molar-refractivity contribution is 0.0963. The van der Waals surface area contributed by atoms with Crippen molar-refractivity contribution >= 4 is 36.0 Å². The molecule has 1 fully saturated rings. The Bertz CT molecular complexity index is 683. The van der Waals surface area contributed by atoms with Crippen LogP contribution in [0.25, 0.3) is 0 Å². The van der Waals surface area contributed by atoms with Crippen LogP contribution in [-0.4, -0.2) is 70.6 Å². The zero-order valence-corrected chi connectivity index (χ0v) is 20.4. The van der Waals surface area contributed by atoms with Crippen molar-refractivity contribution in [2.24, 2.45) is 10.7 Å². The van der Waals surface area contributed by atoms with Gasteiger partial charge in [-0.2, -0.15) is 0 Å². The molecule has 1 aliphatic heterocycles. The van der Waals surface area contributed by atoms with Crippen molar-refractivity contribution in [3.05, 3.63) is 17.7 Å². The monoisotopic (exact) mass is 536 g/mol. The van der Waals surface area contributed by atoms with Gasteiger partial charge in [0.15, 0.2) is 5.96 Å². The second-order valence-electron chi connectivity index (χ2n) is 6.63. The van der Waals surface area contributed by atoms with Crippen LogP contribution in [0.15, 0.2) is 17.1 Å². The lowest BCUT2D eigenvalue weighted by Crippen LogP contribution is -2.48. The van der Waals surface area contributed by atoms with Crippen LogP contribution >= 0.6 is 24.0 Å². The number of ether oxygens (including phenoxy) is 4. The fourth-order valence-electron chi connectivity index (χ4n) is 3.29. The van der Waals surface area contributed by atoms with Crippen molar-refractivity contribution in [3.8, 4) is 17.2 Å². The Morgan fingerprint density at radius 2 is 1.77 bits per heavy atom. The summed E-state index contributed by atoms with van der Waals surface area (Å²) in [5.41, 5.74) is 6.96. The highest BCUT2D eigenvalue weighted by Gasteiger charge is 2.23. The van der Waals surface area contributed by atoms with Crippen molar-refractivity contribution < 1.29 is 23.7 Å². The zero-order chi connectivity index (χ0) is 21.2. The van der Waals surface area contributed by atoms with Gasteiger partial charge in [-0.15, -0.1) is 24.0 Å². The van der Waals surface area contributed by atoms with E-state index in [1.807, 2.05) is 12.1 Å². The van der Waals surface area contributed by atoms with Gasteiger partial charge in [-0.05, 0) is 26.2 Å². The van der Waals surface area contributed by atoms with E-state index >= 15 is 0 Å². The summed E-state index contributed by atoms with van der Waals surface area (Å²) in [4.78, 5) is 17.9. The molecule has 3 N–H and O–H groups in total. The highest BCUT2D eigenvalue weighted by atomic mass is 127. The highest BCUT2D eigenvalue weighted by Crippen LogP contribution is 2.34. The Morgan fingerprint density at radius 1 is 1.17 bits per heavy atom. The zero-order valence-electron chi connectivity index (χ0n) is 18.1. The average Bonchev–Trinajstić information content (AvgIpc) is 2.74. The number of aliphatic imine (C=N–C) groups is 1. The Morgan fingerprint density at radius 3 is 2.27 bits per heavy atom. The number of carbonyl (C=O) groups excluding carboxylic acids is 1. The maximum atomic E-state index is 11.8. The largest absolute Gasteiger partial charge is 0.496 e. The summed E-state index contributed by atoms with van der Waals surface area (Å²) in [6, 6.07) is 3.83. The van der Waals surface area contributed by atoms with Crippen LogP contribution in [-0.2, 0) is 11.2 Å². The average molecular weight is 536 g/mol. The molecule has 0 unspecified atom stereocenters. The van der Waals surface area contributed by atoms with Gasteiger partial charge in [-0.25, -0.2) is 4.79 Å². The topological polar surface area (TPSA) is 108 Å². The Kier molecular flexibility index (Phi) is 11.4. The normalized spacial score (nSPS) is 14.5. The molecule has 1 amide bonds. The van der Waals surface area contributed by atoms with Crippen LogP contribution in [0.1, 0.15) is 25.3 Å². The van der Waals surface area contributed by atoms with Gasteiger partial charge in [-0.1, -0.05) is 0 Å². The number of amides is 1. The smallest absolute Gasteiger partial charge is 0.409 e. The van der Waals surface area contributed by atoms with Gasteiger partial charge >= 0.3 is 6.09 Å². The molecule has 0 aliphatic carbocycles. The molecular weight excluding hydrogens is 503 g/mol. The van der Waals surface area contributed by atoms with E-state index in [1.54, 1.807) is 33.2 Å². The van der Waals surface area contributed by atoms with E-state index in [1.165, 1.54) is 0 Å². The molecule has 1 aromatic carbocycles. The lowest BCUT2D eigenvalue weighted by Gasteiger charge is -2.31. The molecule has 1 saturated heterocycles. The molecule has 2 rings (SSSR count). The van der Waals surface area contributed by atoms with E-state index in [-0.39, 0.29) is 36.1 Å². The van der Waals surface area contributed by atoms with Gasteiger partial charge in [-0.3, -0.25) is 4.99 Å². The number of methoxy groups -OCH3 is 3. The lowest BCUT2D eigenvalue weighted by atomic mass is 10.1. The van der Waals surface area contributed by atoms with Crippen molar-refractivity contribution in [1.82, 2.24) is 10.2 Å². The third kappa shape index (κ3) is 7.29. The van der Waals surface area contributed by atoms with Crippen LogP contribution in [0.3, 0.4) is 0 Å². The Balaban J connectivity index is 0.00000450. The van der Waals surface area contributed by atoms with Crippen LogP contribution in [0.5, 0.6) is 17.2 Å². The second-order valence-corrected chi connectivity index (χ2v) is 6.63. The number of hydrogen-bond donors (Lipinski definition) is 2. The SMILES string of the molecule is CCOC(=O)N1CCC(NC(N)=NCCc2c(OC)cc(OC)cc2OC)CC1.I. The summed E-state index contributed by atoms with van der Waals surface area (Å²) in [5.74, 6) is 2.44. The maximum Gasteiger partial charge on any atom is 0.409 e. The van der Waals surface area contributed by atoms with E-state index in [0.717, 1.165) is 18.4 Å². The molecule has 0 radical (unpaired) electrons. The number of carbonyl (C=O) groups is 1. The van der Waals surface area contributed by atoms with Gasteiger partial charge in [0.05, 0.1) is 27.9 Å². The standard InChI is InChI=1S/C20H32N4O5.HI/c1-5-29-20(25)24-10-7-14(8-11-24)23-19(21)22-9-6-16-17(27-3)12-15(26-2)13-18(16)28-4;/h12-14H,5-11H2,1-4H3,(H3,21,22,23);1H. The van der Waals surface area contributed by atoms with E-state index in [9.17, 15) is 4.79 Å². The van der Waals surface area contributed by atoms with Crippen molar-refractivity contribution in [2.45, 2.75) is 32.2 Å². The molecule has 30 heavy (non-hydrogen) atoms. The predicted molar refractivity (Wildman–Crippen MR) is 126 cm³/mol. The number of nitrogens with two attached hydrogens (primary N) is 1. The Labute approximate surface area is 195 Å². The molecule has 1 heterocycles. The van der Waals surface area contributed by atoms with Gasteiger partial charge in [0.2, 0.25) is 0 Å². The molecule has 1 aliphatic rings. The first-order chi connectivity index (χ1) is 14.0. The fraction of sp³-hybridized carbons (Fsp3) is 0.600. The van der Waals surface area contributed by atoms with Crippen LogP contribution in [0.4, 0.5) is 4.79 Å². The number of piperidine rings is 1. The fourth-order valence-corrected chi connectivity index (χ4v) is 3.29. The van der Waals surface area contributed by atoms with E-state index in [4.69, 9.17) is 24.7 Å². The molecule has 0 spiro atoms. The molecule has 170 valence electrons. The summed E-state index contributed by atoms with van der Waals surface area (Å²) < 4.78 is 21.2. The van der Waals surface area contributed by atoms with Gasteiger partial charge in [0.1, 0.15) is 17.2 Å². The second kappa shape index (κ2) is 13.2. The molecule has 0 saturated carbocycles. The van der Waals surface area contributed by atoms with Crippen LogP contribution in [0, 0.1) is 0 Å². The number of guanidine groups is 1. The van der Waals surface area contributed by atoms with Crippen molar-refractivity contribution in [1.29, 1.82) is 0 Å². The maximum absolute atomic E-state index is 11.8. The number of hydrogen-bond acceptors (Lipinski definition) is 6. The minimum Gasteiger partial charge on any atom is -0.496 e. The first-order valence-corrected chi connectivity index (χ1v) is 9.79. The van der Waals surface area contributed by atoms with Crippen LogP contribution < -0.4 is 25.3 Å². The molecule has 9 nitrogen and oxygen atoms in total. The molecule has 0 bridgehead atoms. The number of halogens is 1. The number of benzene rings is 1. The quantitative estimate of drug-likeness (QED) is 0.299. The first kappa shape index (κ1) is 25.9. The predicted octanol–water partition coefficient (Wildman–Crippen LogP) is 2.40. The summed E-state index contributed by atoms with van der Waals surface area (Å²) in [7, 11) is 4.82. The highest BCUT2D eigenvalue weighted by molar-refractivity contribution is 14.0. The first-order valence-electron chi connectivity index (χ1n) is 9.79. The molecule has 0 atom stereocenters. The van der Waals surface area contributed by atoms with Gasteiger partial charge in [0.25, 0.3) is 0 Å². The molecule has 10 heteroatoms. The molecule has 1 aromatic rings. The summed E-state index contributed by atoms with van der Waals surface area (Å²) in [5, 5.41) is 3.24. The van der Waals surface area contributed by atoms with Crippen LogP contribution in [0.2, 0.25) is 0 Å². The molecular formula is C20H33IN4O5. The van der Waals surface area contributed by atoms with Crippen molar-refractivity contribution in [3.63, 3.8) is 0 Å². The third-order valence-electron chi connectivity index (χ3n) is 4.83. The van der Waals surface area contributed by atoms with Gasteiger partial charge < -0.3 is 34.9 Å². The summed E-state index contributed by atoms with van der Waals surface area (Å²) >= 11 is 0. The van der Waals surface area contributed by atoms with Gasteiger partial charge in [0, 0.05) is 43.4 Å². The summed E-state index contributed by atoms with van der Waals surface area (Å²) in [6.07, 6.45) is 1.96. The number of nitrogens with zero attached hydrogens (tertiary/aromatic N) is 2. The minimum atomic E-state index is -0.255. The van der Waals surface area contributed by atoms with E-state index in [0.29, 0.717) is 55.9 Å². The van der Waals surface area contributed by atoms with E-state index < -0.39 is 0 Å². The molecule has 0 aromatic heterocycles. The number of nitrogens with one attached hydrogen (secondary N) is 1. The summed E-state index contributed by atoms with van der Waals surface area (Å²) in [6.45, 7) is 3.97. The number of rotatable bonds is 8. The minimum absolute atomic E-state index is 0. The van der Waals surface area contributed by atoms with E-state index in [2.05, 4.69) is 10.3 Å².